The molecule has 0 spiro atoms. The number of pyridine rings is 3. The first-order valence-corrected chi connectivity index (χ1v) is 11.3. The molecule has 0 saturated carbocycles. The van der Waals surface area contributed by atoms with Gasteiger partial charge in [-0.05, 0) is 42.0 Å². The summed E-state index contributed by atoms with van der Waals surface area (Å²) in [4.78, 5) is 12.0. The summed E-state index contributed by atoms with van der Waals surface area (Å²) in [6, 6.07) is 16.6. The van der Waals surface area contributed by atoms with Crippen molar-refractivity contribution in [1.82, 2.24) is 19.7 Å². The van der Waals surface area contributed by atoms with Crippen molar-refractivity contribution >= 4 is 11.3 Å². The minimum absolute atomic E-state index is 0.0761. The van der Waals surface area contributed by atoms with E-state index in [4.69, 9.17) is 0 Å². The van der Waals surface area contributed by atoms with Gasteiger partial charge < -0.3 is 4.55 Å². The fourth-order valence-electron chi connectivity index (χ4n) is 3.89. The van der Waals surface area contributed by atoms with E-state index in [0.717, 1.165) is 0 Å². The van der Waals surface area contributed by atoms with Gasteiger partial charge in [0, 0.05) is 58.9 Å². The molecule has 0 bridgehead atoms. The van der Waals surface area contributed by atoms with Crippen LogP contribution < -0.4 is 4.72 Å². The average Bonchev–Trinajstić information content (AvgIpc) is 2.83. The minimum Gasteiger partial charge on any atom is -0.760 e. The molecule has 3 heterocycles. The van der Waals surface area contributed by atoms with Gasteiger partial charge in [0.25, 0.3) is 0 Å². The fourth-order valence-corrected chi connectivity index (χ4v) is 4.16. The monoisotopic (exact) mass is 483 g/mol. The molecule has 10 heteroatoms. The van der Waals surface area contributed by atoms with Crippen molar-refractivity contribution in [3.05, 3.63) is 125 Å². The van der Waals surface area contributed by atoms with E-state index in [2.05, 4.69) is 19.7 Å². The van der Waals surface area contributed by atoms with Crippen LogP contribution in [0, 0.1) is 17.7 Å². The topological polar surface area (TPSA) is 90.8 Å². The van der Waals surface area contributed by atoms with Crippen molar-refractivity contribution in [3.8, 4) is 0 Å². The molecular formula is C24H18F3N4O2S-. The molecule has 4 aromatic rings. The van der Waals surface area contributed by atoms with Gasteiger partial charge in [0.05, 0.1) is 5.69 Å². The fraction of sp³-hybridized carbons (Fsp3) is 0.125. The Hall–Kier alpha value is -3.47. The van der Waals surface area contributed by atoms with Crippen molar-refractivity contribution < 1.29 is 21.9 Å². The molecule has 1 aromatic carbocycles. The molecule has 0 aliphatic rings. The van der Waals surface area contributed by atoms with Crippen molar-refractivity contribution in [2.24, 2.45) is 0 Å². The lowest BCUT2D eigenvalue weighted by molar-refractivity contribution is 0.511. The maximum atomic E-state index is 15.0. The van der Waals surface area contributed by atoms with Gasteiger partial charge in [-0.2, -0.15) is 8.78 Å². The Bertz CT molecular complexity index is 1260. The molecule has 0 radical (unpaired) electrons. The zero-order valence-electron chi connectivity index (χ0n) is 17.6. The summed E-state index contributed by atoms with van der Waals surface area (Å²) in [6.07, 6.45) is 2.58. The van der Waals surface area contributed by atoms with E-state index in [1.807, 2.05) is 0 Å². The zero-order chi connectivity index (χ0) is 24.1. The second-order valence-corrected chi connectivity index (χ2v) is 8.14. The molecule has 0 aliphatic carbocycles. The van der Waals surface area contributed by atoms with Crippen molar-refractivity contribution in [2.45, 2.75) is 18.4 Å². The number of aromatic nitrogens is 3. The van der Waals surface area contributed by atoms with Crippen LogP contribution in [0.5, 0.6) is 0 Å². The largest absolute Gasteiger partial charge is 0.760 e. The summed E-state index contributed by atoms with van der Waals surface area (Å²) in [5.74, 6) is -3.79. The standard InChI is InChI=1S/C24H19F3N4O2S/c25-16-10-8-15(9-11-16)21(20-7-1-4-17(31-20)14-30-34(32)33)22(18-5-2-12-28-23(18)26)19-6-3-13-29-24(19)27/h1-13,21-22,30H,14H2,(H,32,33)/p-1. The molecule has 0 saturated heterocycles. The first-order valence-electron chi connectivity index (χ1n) is 10.2. The van der Waals surface area contributed by atoms with Crippen LogP contribution in [-0.2, 0) is 17.8 Å². The third-order valence-corrected chi connectivity index (χ3v) is 5.71. The maximum absolute atomic E-state index is 15.0. The van der Waals surface area contributed by atoms with Crippen LogP contribution in [0.4, 0.5) is 13.2 Å². The lowest BCUT2D eigenvalue weighted by Crippen LogP contribution is -2.21. The molecule has 3 aromatic heterocycles. The first-order chi connectivity index (χ1) is 16.4. The molecule has 6 nitrogen and oxygen atoms in total. The van der Waals surface area contributed by atoms with Gasteiger partial charge in [0.15, 0.2) is 0 Å². The molecule has 34 heavy (non-hydrogen) atoms. The highest BCUT2D eigenvalue weighted by atomic mass is 32.2. The molecule has 0 fully saturated rings. The van der Waals surface area contributed by atoms with Gasteiger partial charge in [-0.25, -0.2) is 19.1 Å². The van der Waals surface area contributed by atoms with Crippen LogP contribution in [0.15, 0.2) is 79.1 Å². The number of rotatable bonds is 8. The second-order valence-electron chi connectivity index (χ2n) is 7.38. The van der Waals surface area contributed by atoms with E-state index in [9.17, 15) is 21.9 Å². The molecule has 0 aliphatic heterocycles. The van der Waals surface area contributed by atoms with Crippen LogP contribution >= 0.6 is 0 Å². The highest BCUT2D eigenvalue weighted by Crippen LogP contribution is 2.43. The molecule has 2 unspecified atom stereocenters. The lowest BCUT2D eigenvalue weighted by Gasteiger charge is -2.28. The predicted molar refractivity (Wildman–Crippen MR) is 118 cm³/mol. The van der Waals surface area contributed by atoms with Crippen LogP contribution in [-0.4, -0.2) is 23.7 Å². The zero-order valence-corrected chi connectivity index (χ0v) is 18.4. The molecule has 1 N–H and O–H groups in total. The molecule has 0 amide bonds. The minimum atomic E-state index is -2.49. The maximum Gasteiger partial charge on any atom is 0.216 e. The summed E-state index contributed by atoms with van der Waals surface area (Å²) in [5, 5.41) is 0. The SMILES string of the molecule is O=S([O-])NCc1cccc(C(c2ccc(F)cc2)C(c2cccnc2F)c2cccnc2F)n1. The third-order valence-electron chi connectivity index (χ3n) is 5.33. The molecule has 174 valence electrons. The Kier molecular flexibility index (Phi) is 7.41. The Morgan fingerprint density at radius 3 is 2.00 bits per heavy atom. The lowest BCUT2D eigenvalue weighted by atomic mass is 9.76. The Balaban J connectivity index is 1.94. The average molecular weight is 483 g/mol. The van der Waals surface area contributed by atoms with Crippen LogP contribution in [0.1, 0.15) is 39.9 Å². The number of hydrogen-bond acceptors (Lipinski definition) is 5. The molecular weight excluding hydrogens is 465 g/mol. The van der Waals surface area contributed by atoms with Gasteiger partial charge in [0.1, 0.15) is 5.82 Å². The Morgan fingerprint density at radius 2 is 1.44 bits per heavy atom. The van der Waals surface area contributed by atoms with E-state index in [-0.39, 0.29) is 17.7 Å². The number of benzene rings is 1. The number of nitrogens with one attached hydrogen (secondary N) is 1. The second kappa shape index (κ2) is 10.6. The van der Waals surface area contributed by atoms with Crippen LogP contribution in [0.25, 0.3) is 0 Å². The smallest absolute Gasteiger partial charge is 0.216 e. The molecule has 2 atom stereocenters. The van der Waals surface area contributed by atoms with Gasteiger partial charge in [-0.1, -0.05) is 30.3 Å². The normalized spacial score (nSPS) is 13.1. The van der Waals surface area contributed by atoms with Gasteiger partial charge in [0.2, 0.25) is 11.9 Å². The Morgan fingerprint density at radius 1 is 0.824 bits per heavy atom. The number of halogens is 3. The summed E-state index contributed by atoms with van der Waals surface area (Å²) in [5.41, 5.74) is 1.55. The third kappa shape index (κ3) is 5.36. The summed E-state index contributed by atoms with van der Waals surface area (Å²) in [6.45, 7) is -0.0761. The summed E-state index contributed by atoms with van der Waals surface area (Å²) < 4.78 is 67.8. The van der Waals surface area contributed by atoms with Gasteiger partial charge in [-0.15, -0.1) is 0 Å². The van der Waals surface area contributed by atoms with E-state index in [1.165, 1.54) is 48.8 Å². The van der Waals surface area contributed by atoms with Gasteiger partial charge >= 0.3 is 0 Å². The van der Waals surface area contributed by atoms with E-state index >= 15 is 0 Å². The summed E-state index contributed by atoms with van der Waals surface area (Å²) in [7, 11) is 0. The highest BCUT2D eigenvalue weighted by molar-refractivity contribution is 7.77. The van der Waals surface area contributed by atoms with Crippen LogP contribution in [0.3, 0.4) is 0 Å². The van der Waals surface area contributed by atoms with Crippen molar-refractivity contribution in [2.75, 3.05) is 0 Å². The highest BCUT2D eigenvalue weighted by Gasteiger charge is 2.33. The predicted octanol–water partition coefficient (Wildman–Crippen LogP) is 4.14. The van der Waals surface area contributed by atoms with Crippen molar-refractivity contribution in [3.63, 3.8) is 0 Å². The van der Waals surface area contributed by atoms with E-state index in [0.29, 0.717) is 17.0 Å². The van der Waals surface area contributed by atoms with Crippen LogP contribution in [0.2, 0.25) is 0 Å². The summed E-state index contributed by atoms with van der Waals surface area (Å²) >= 11 is -2.49. The Labute approximate surface area is 196 Å². The van der Waals surface area contributed by atoms with E-state index in [1.54, 1.807) is 30.3 Å². The quantitative estimate of drug-likeness (QED) is 0.301. The molecule has 4 rings (SSSR count). The first kappa shape index (κ1) is 23.7. The van der Waals surface area contributed by atoms with Crippen molar-refractivity contribution in [1.29, 1.82) is 0 Å². The number of hydrogen-bond donors (Lipinski definition) is 1. The number of nitrogens with zero attached hydrogens (tertiary/aromatic N) is 3. The van der Waals surface area contributed by atoms with E-state index < -0.39 is 40.8 Å². The van der Waals surface area contributed by atoms with Gasteiger partial charge in [-0.3, -0.25) is 9.19 Å².